The molecule has 3 N–H and O–H groups in total. The van der Waals surface area contributed by atoms with Gasteiger partial charge in [-0.25, -0.2) is 0 Å². The largest absolute Gasteiger partial charge is 0.395 e. The molecule has 0 aromatic heterocycles. The second kappa shape index (κ2) is 5.59. The number of hydrogen-bond donors (Lipinski definition) is 2. The van der Waals surface area contributed by atoms with Crippen LogP contribution in [0.25, 0.3) is 0 Å². The molecule has 92 valence electrons. The number of carbonyl (C=O) groups excluding carboxylic acids is 1. The van der Waals surface area contributed by atoms with Gasteiger partial charge in [-0.3, -0.25) is 4.79 Å². The van der Waals surface area contributed by atoms with Crippen molar-refractivity contribution in [2.24, 2.45) is 11.1 Å². The minimum atomic E-state index is -0.655. The average Bonchev–Trinajstić information content (AvgIpc) is 2.29. The summed E-state index contributed by atoms with van der Waals surface area (Å²) in [6.45, 7) is 0.304. The lowest BCUT2D eigenvalue weighted by Gasteiger charge is -2.37. The Morgan fingerprint density at radius 3 is 2.44 bits per heavy atom. The van der Waals surface area contributed by atoms with Gasteiger partial charge in [0.2, 0.25) is 5.91 Å². The minimum absolute atomic E-state index is 0.0321. The van der Waals surface area contributed by atoms with Gasteiger partial charge in [0.25, 0.3) is 0 Å². The fourth-order valence-electron chi connectivity index (χ4n) is 2.34. The number of nitrogens with zero attached hydrogens (tertiary/aromatic N) is 1. The molecule has 0 atom stereocenters. The molecule has 1 saturated carbocycles. The number of hydrogen-bond acceptors (Lipinski definition) is 3. The van der Waals surface area contributed by atoms with E-state index in [0.29, 0.717) is 11.5 Å². The third-order valence-electron chi connectivity index (χ3n) is 3.37. The Morgan fingerprint density at radius 1 is 1.44 bits per heavy atom. The number of aliphatic hydroxyl groups excluding tert-OH is 1. The molecule has 0 aromatic carbocycles. The van der Waals surface area contributed by atoms with Gasteiger partial charge in [0.15, 0.2) is 0 Å². The summed E-state index contributed by atoms with van der Waals surface area (Å²) in [6.07, 6.45) is 4.63. The van der Waals surface area contributed by atoms with Gasteiger partial charge in [-0.15, -0.1) is 0 Å². The molecular weight excluding hydrogens is 224 g/mol. The van der Waals surface area contributed by atoms with Crippen molar-refractivity contribution in [1.29, 1.82) is 0 Å². The van der Waals surface area contributed by atoms with E-state index >= 15 is 0 Å². The quantitative estimate of drug-likeness (QED) is 0.714. The summed E-state index contributed by atoms with van der Waals surface area (Å²) >= 11 is 5.08. The lowest BCUT2D eigenvalue weighted by Crippen LogP contribution is -2.51. The zero-order valence-corrected chi connectivity index (χ0v) is 10.6. The highest BCUT2D eigenvalue weighted by molar-refractivity contribution is 7.80. The Kier molecular flexibility index (Phi) is 4.68. The summed E-state index contributed by atoms with van der Waals surface area (Å²) in [5, 5.41) is 8.85. The van der Waals surface area contributed by atoms with Crippen LogP contribution in [0.15, 0.2) is 0 Å². The van der Waals surface area contributed by atoms with E-state index in [1.165, 1.54) is 4.90 Å². The molecule has 1 fully saturated rings. The van der Waals surface area contributed by atoms with Gasteiger partial charge in [0.05, 0.1) is 17.0 Å². The minimum Gasteiger partial charge on any atom is -0.395 e. The molecule has 0 heterocycles. The lowest BCUT2D eigenvalue weighted by molar-refractivity contribution is -0.138. The number of likely N-dealkylation sites (N-methyl/N-ethyl adjacent to an activating group) is 1. The molecule has 0 saturated heterocycles. The fourth-order valence-corrected chi connectivity index (χ4v) is 2.63. The van der Waals surface area contributed by atoms with Crippen LogP contribution in [0.5, 0.6) is 0 Å². The zero-order valence-electron chi connectivity index (χ0n) is 9.74. The number of carbonyl (C=O) groups is 1. The van der Waals surface area contributed by atoms with Gasteiger partial charge in [-0.1, -0.05) is 31.5 Å². The maximum absolute atomic E-state index is 12.3. The van der Waals surface area contributed by atoms with Crippen LogP contribution in [0.1, 0.15) is 32.1 Å². The van der Waals surface area contributed by atoms with Crippen LogP contribution in [0.2, 0.25) is 0 Å². The highest BCUT2D eigenvalue weighted by Gasteiger charge is 2.43. The van der Waals surface area contributed by atoms with Crippen molar-refractivity contribution < 1.29 is 9.90 Å². The van der Waals surface area contributed by atoms with Crippen molar-refractivity contribution in [3.05, 3.63) is 0 Å². The molecule has 1 rings (SSSR count). The molecular formula is C11H20N2O2S. The topological polar surface area (TPSA) is 66.6 Å². The first-order valence-electron chi connectivity index (χ1n) is 5.71. The highest BCUT2D eigenvalue weighted by Crippen LogP contribution is 2.38. The maximum atomic E-state index is 12.3. The summed E-state index contributed by atoms with van der Waals surface area (Å²) in [6, 6.07) is 0. The predicted octanol–water partition coefficient (Wildman–Crippen LogP) is 0.674. The maximum Gasteiger partial charge on any atom is 0.235 e. The molecule has 0 radical (unpaired) electrons. The van der Waals surface area contributed by atoms with E-state index < -0.39 is 5.41 Å². The SMILES string of the molecule is CN(CCO)C(=O)C1(C(N)=S)CCCCC1. The van der Waals surface area contributed by atoms with Gasteiger partial charge in [-0.05, 0) is 12.8 Å². The van der Waals surface area contributed by atoms with Crippen LogP contribution in [0.3, 0.4) is 0 Å². The summed E-state index contributed by atoms with van der Waals surface area (Å²) in [7, 11) is 1.69. The van der Waals surface area contributed by atoms with Gasteiger partial charge in [-0.2, -0.15) is 0 Å². The number of thiocarbonyl (C=S) groups is 1. The van der Waals surface area contributed by atoms with Crippen molar-refractivity contribution in [1.82, 2.24) is 4.90 Å². The smallest absolute Gasteiger partial charge is 0.235 e. The third-order valence-corrected chi connectivity index (χ3v) is 3.76. The molecule has 0 bridgehead atoms. The summed E-state index contributed by atoms with van der Waals surface area (Å²) in [5.41, 5.74) is 5.10. The third kappa shape index (κ3) is 2.52. The second-order valence-electron chi connectivity index (χ2n) is 4.46. The number of nitrogens with two attached hydrogens (primary N) is 1. The Hall–Kier alpha value is -0.680. The van der Waals surface area contributed by atoms with Gasteiger partial charge < -0.3 is 15.7 Å². The van der Waals surface area contributed by atoms with Crippen LogP contribution in [-0.2, 0) is 4.79 Å². The molecule has 0 spiro atoms. The van der Waals surface area contributed by atoms with Gasteiger partial charge >= 0.3 is 0 Å². The van der Waals surface area contributed by atoms with Gasteiger partial charge in [0.1, 0.15) is 0 Å². The van der Waals surface area contributed by atoms with E-state index in [-0.39, 0.29) is 12.5 Å². The molecule has 1 aliphatic rings. The summed E-state index contributed by atoms with van der Waals surface area (Å²) < 4.78 is 0. The van der Waals surface area contributed by atoms with Crippen molar-refractivity contribution in [2.75, 3.05) is 20.2 Å². The molecule has 0 unspecified atom stereocenters. The lowest BCUT2D eigenvalue weighted by atomic mass is 9.73. The molecule has 1 aliphatic carbocycles. The Labute approximate surface area is 102 Å². The average molecular weight is 244 g/mol. The Morgan fingerprint density at radius 2 is 2.00 bits per heavy atom. The van der Waals surface area contributed by atoms with Crippen molar-refractivity contribution >= 4 is 23.1 Å². The summed E-state index contributed by atoms with van der Waals surface area (Å²) in [5.74, 6) is -0.0336. The fraction of sp³-hybridized carbons (Fsp3) is 0.818. The standard InChI is InChI=1S/C11H20N2O2S/c1-13(7-8-14)10(15)11(9(12)16)5-3-2-4-6-11/h14H,2-8H2,1H3,(H2,12,16). The molecule has 4 nitrogen and oxygen atoms in total. The molecule has 16 heavy (non-hydrogen) atoms. The van der Waals surface area contributed by atoms with E-state index in [9.17, 15) is 4.79 Å². The predicted molar refractivity (Wildman–Crippen MR) is 67.0 cm³/mol. The summed E-state index contributed by atoms with van der Waals surface area (Å²) in [4.78, 5) is 14.1. The van der Waals surface area contributed by atoms with Crippen molar-refractivity contribution in [3.8, 4) is 0 Å². The van der Waals surface area contributed by atoms with E-state index in [1.807, 2.05) is 0 Å². The van der Waals surface area contributed by atoms with Crippen LogP contribution >= 0.6 is 12.2 Å². The monoisotopic (exact) mass is 244 g/mol. The number of amides is 1. The van der Waals surface area contributed by atoms with Crippen LogP contribution in [-0.4, -0.2) is 41.1 Å². The molecule has 0 aromatic rings. The number of aliphatic hydroxyl groups is 1. The Balaban J connectivity index is 2.84. The Bertz CT molecular complexity index is 275. The van der Waals surface area contributed by atoms with E-state index in [1.54, 1.807) is 7.05 Å². The normalized spacial score (nSPS) is 19.1. The van der Waals surface area contributed by atoms with Crippen LogP contribution in [0, 0.1) is 5.41 Å². The first-order chi connectivity index (χ1) is 7.54. The highest BCUT2D eigenvalue weighted by atomic mass is 32.1. The van der Waals surface area contributed by atoms with Crippen LogP contribution in [0.4, 0.5) is 0 Å². The second-order valence-corrected chi connectivity index (χ2v) is 4.90. The van der Waals surface area contributed by atoms with Crippen molar-refractivity contribution in [2.45, 2.75) is 32.1 Å². The van der Waals surface area contributed by atoms with Gasteiger partial charge in [0, 0.05) is 13.6 Å². The molecule has 1 amide bonds. The molecule has 0 aliphatic heterocycles. The molecule has 5 heteroatoms. The number of rotatable bonds is 4. The van der Waals surface area contributed by atoms with Crippen molar-refractivity contribution in [3.63, 3.8) is 0 Å². The zero-order chi connectivity index (χ0) is 12.2. The first-order valence-corrected chi connectivity index (χ1v) is 6.12. The van der Waals surface area contributed by atoms with E-state index in [2.05, 4.69) is 0 Å². The first kappa shape index (κ1) is 13.4. The van der Waals surface area contributed by atoms with E-state index in [0.717, 1.165) is 32.1 Å². The van der Waals surface area contributed by atoms with E-state index in [4.69, 9.17) is 23.1 Å². The van der Waals surface area contributed by atoms with Crippen LogP contribution < -0.4 is 5.73 Å².